The van der Waals surface area contributed by atoms with Gasteiger partial charge >= 0.3 is 0 Å². The van der Waals surface area contributed by atoms with E-state index in [2.05, 4.69) is 17.4 Å². The number of piperazine rings is 1. The highest BCUT2D eigenvalue weighted by atomic mass is 16.2. The Labute approximate surface area is 200 Å². The second-order valence-electron chi connectivity index (χ2n) is 8.41. The van der Waals surface area contributed by atoms with Gasteiger partial charge < -0.3 is 15.1 Å². The van der Waals surface area contributed by atoms with E-state index in [4.69, 9.17) is 0 Å². The highest BCUT2D eigenvalue weighted by molar-refractivity contribution is 6.04. The normalized spacial score (nSPS) is 13.4. The van der Waals surface area contributed by atoms with Crippen LogP contribution in [-0.2, 0) is 11.2 Å². The molecule has 6 nitrogen and oxygen atoms in total. The number of carbonyl (C=O) groups excluding carboxylic acids is 3. The van der Waals surface area contributed by atoms with Gasteiger partial charge in [0.25, 0.3) is 11.8 Å². The van der Waals surface area contributed by atoms with E-state index in [0.29, 0.717) is 49.4 Å². The lowest BCUT2D eigenvalue weighted by Crippen LogP contribution is -2.50. The first-order valence-electron chi connectivity index (χ1n) is 11.7. The van der Waals surface area contributed by atoms with Gasteiger partial charge in [-0.25, -0.2) is 0 Å². The molecule has 0 unspecified atom stereocenters. The van der Waals surface area contributed by atoms with E-state index in [1.165, 1.54) is 5.56 Å². The molecule has 3 amide bonds. The molecule has 1 N–H and O–H groups in total. The third-order valence-corrected chi connectivity index (χ3v) is 6.04. The summed E-state index contributed by atoms with van der Waals surface area (Å²) in [5.74, 6) is -0.0945. The van der Waals surface area contributed by atoms with Crippen molar-refractivity contribution in [3.05, 3.63) is 102 Å². The highest BCUT2D eigenvalue weighted by Gasteiger charge is 2.24. The van der Waals surface area contributed by atoms with Crippen LogP contribution in [0.25, 0.3) is 0 Å². The second-order valence-corrected chi connectivity index (χ2v) is 8.41. The standard InChI is InChI=1S/C28H29N3O3/c32-26(13-7-10-22-8-3-1-4-9-22)30-18-20-31(21-19-30)28(34)24-14-16-25(17-15-24)29-27(33)23-11-5-2-6-12-23/h1-6,8-9,11-12,14-17H,7,10,13,18-21H2,(H,29,33). The summed E-state index contributed by atoms with van der Waals surface area (Å²) in [5, 5.41) is 2.84. The fraction of sp³-hybridized carbons (Fsp3) is 0.250. The van der Waals surface area contributed by atoms with Gasteiger partial charge in [0.15, 0.2) is 0 Å². The molecule has 4 rings (SSSR count). The van der Waals surface area contributed by atoms with Crippen molar-refractivity contribution in [2.75, 3.05) is 31.5 Å². The summed E-state index contributed by atoms with van der Waals surface area (Å²) in [6.07, 6.45) is 2.25. The molecular formula is C28H29N3O3. The van der Waals surface area contributed by atoms with Crippen LogP contribution in [0.5, 0.6) is 0 Å². The van der Waals surface area contributed by atoms with Gasteiger partial charge in [-0.05, 0) is 54.8 Å². The molecule has 1 heterocycles. The summed E-state index contributed by atoms with van der Waals surface area (Å²) in [6, 6.07) is 26.1. The van der Waals surface area contributed by atoms with E-state index < -0.39 is 0 Å². The van der Waals surface area contributed by atoms with Crippen LogP contribution in [0.4, 0.5) is 5.69 Å². The minimum absolute atomic E-state index is 0.0582. The van der Waals surface area contributed by atoms with E-state index in [1.807, 2.05) is 41.3 Å². The molecule has 0 bridgehead atoms. The second kappa shape index (κ2) is 11.3. The highest BCUT2D eigenvalue weighted by Crippen LogP contribution is 2.15. The smallest absolute Gasteiger partial charge is 0.255 e. The average Bonchev–Trinajstić information content (AvgIpc) is 2.90. The molecule has 0 aliphatic carbocycles. The Morgan fingerprint density at radius 2 is 1.26 bits per heavy atom. The van der Waals surface area contributed by atoms with E-state index in [0.717, 1.165) is 12.8 Å². The van der Waals surface area contributed by atoms with E-state index >= 15 is 0 Å². The van der Waals surface area contributed by atoms with Crippen LogP contribution in [0.15, 0.2) is 84.9 Å². The van der Waals surface area contributed by atoms with E-state index in [9.17, 15) is 14.4 Å². The van der Waals surface area contributed by atoms with Crippen molar-refractivity contribution in [2.24, 2.45) is 0 Å². The van der Waals surface area contributed by atoms with Crippen LogP contribution in [-0.4, -0.2) is 53.7 Å². The zero-order valence-electron chi connectivity index (χ0n) is 19.2. The lowest BCUT2D eigenvalue weighted by atomic mass is 10.1. The molecule has 3 aromatic rings. The quantitative estimate of drug-likeness (QED) is 0.579. The summed E-state index contributed by atoms with van der Waals surface area (Å²) in [7, 11) is 0. The van der Waals surface area contributed by atoms with Crippen LogP contribution >= 0.6 is 0 Å². The number of hydrogen-bond acceptors (Lipinski definition) is 3. The Morgan fingerprint density at radius 3 is 1.91 bits per heavy atom. The first-order valence-corrected chi connectivity index (χ1v) is 11.7. The predicted octanol–water partition coefficient (Wildman–Crippen LogP) is 4.25. The zero-order valence-corrected chi connectivity index (χ0v) is 19.2. The number of benzene rings is 3. The summed E-state index contributed by atoms with van der Waals surface area (Å²) in [4.78, 5) is 41.4. The van der Waals surface area contributed by atoms with Crippen molar-refractivity contribution in [1.82, 2.24) is 9.80 Å². The topological polar surface area (TPSA) is 69.7 Å². The molecule has 0 aromatic heterocycles. The summed E-state index contributed by atoms with van der Waals surface area (Å²) in [6.45, 7) is 2.16. The maximum atomic E-state index is 12.9. The Kier molecular flexibility index (Phi) is 7.71. The summed E-state index contributed by atoms with van der Waals surface area (Å²) < 4.78 is 0. The first kappa shape index (κ1) is 23.2. The van der Waals surface area contributed by atoms with E-state index in [-0.39, 0.29) is 17.7 Å². The number of nitrogens with one attached hydrogen (secondary N) is 1. The molecular weight excluding hydrogens is 426 g/mol. The Balaban J connectivity index is 1.23. The van der Waals surface area contributed by atoms with Crippen molar-refractivity contribution in [3.8, 4) is 0 Å². The Morgan fingerprint density at radius 1 is 0.676 bits per heavy atom. The van der Waals surface area contributed by atoms with Crippen molar-refractivity contribution < 1.29 is 14.4 Å². The van der Waals surface area contributed by atoms with Gasteiger partial charge in [-0.15, -0.1) is 0 Å². The maximum absolute atomic E-state index is 12.9. The SMILES string of the molecule is O=C(Nc1ccc(C(=O)N2CCN(C(=O)CCCc3ccccc3)CC2)cc1)c1ccccc1. The van der Waals surface area contributed by atoms with Crippen LogP contribution in [0.3, 0.4) is 0 Å². The number of hydrogen-bond donors (Lipinski definition) is 1. The maximum Gasteiger partial charge on any atom is 0.255 e. The van der Waals surface area contributed by atoms with Crippen molar-refractivity contribution >= 4 is 23.4 Å². The molecule has 1 aliphatic heterocycles. The minimum Gasteiger partial charge on any atom is -0.339 e. The molecule has 174 valence electrons. The molecule has 6 heteroatoms. The number of anilines is 1. The minimum atomic E-state index is -0.191. The molecule has 0 saturated carbocycles. The molecule has 0 spiro atoms. The summed E-state index contributed by atoms with van der Waals surface area (Å²) in [5.41, 5.74) is 3.03. The largest absolute Gasteiger partial charge is 0.339 e. The fourth-order valence-corrected chi connectivity index (χ4v) is 4.08. The van der Waals surface area contributed by atoms with Crippen molar-refractivity contribution in [2.45, 2.75) is 19.3 Å². The molecule has 34 heavy (non-hydrogen) atoms. The van der Waals surface area contributed by atoms with Gasteiger partial charge in [-0.2, -0.15) is 0 Å². The number of carbonyl (C=O) groups is 3. The Bertz CT molecular complexity index is 1110. The average molecular weight is 456 g/mol. The van der Waals surface area contributed by atoms with Crippen molar-refractivity contribution in [1.29, 1.82) is 0 Å². The third kappa shape index (κ3) is 6.10. The zero-order chi connectivity index (χ0) is 23.8. The van der Waals surface area contributed by atoms with Gasteiger partial charge in [-0.1, -0.05) is 48.5 Å². The first-order chi connectivity index (χ1) is 16.6. The van der Waals surface area contributed by atoms with Crippen LogP contribution in [0, 0.1) is 0 Å². The monoisotopic (exact) mass is 455 g/mol. The number of aryl methyl sites for hydroxylation is 1. The number of rotatable bonds is 7. The lowest BCUT2D eigenvalue weighted by Gasteiger charge is -2.35. The van der Waals surface area contributed by atoms with Gasteiger partial charge in [0.2, 0.25) is 5.91 Å². The predicted molar refractivity (Wildman–Crippen MR) is 133 cm³/mol. The molecule has 3 aromatic carbocycles. The van der Waals surface area contributed by atoms with Gasteiger partial charge in [0, 0.05) is 49.4 Å². The van der Waals surface area contributed by atoms with Crippen LogP contribution in [0.2, 0.25) is 0 Å². The molecule has 1 fully saturated rings. The van der Waals surface area contributed by atoms with Gasteiger partial charge in [0.1, 0.15) is 0 Å². The van der Waals surface area contributed by atoms with Crippen LogP contribution < -0.4 is 5.32 Å². The van der Waals surface area contributed by atoms with Gasteiger partial charge in [-0.3, -0.25) is 14.4 Å². The Hall–Kier alpha value is -3.93. The number of amides is 3. The summed E-state index contributed by atoms with van der Waals surface area (Å²) >= 11 is 0. The molecule has 0 atom stereocenters. The van der Waals surface area contributed by atoms with E-state index in [1.54, 1.807) is 41.3 Å². The molecule has 1 saturated heterocycles. The number of nitrogens with zero attached hydrogens (tertiary/aromatic N) is 2. The fourth-order valence-electron chi connectivity index (χ4n) is 4.08. The third-order valence-electron chi connectivity index (χ3n) is 6.04. The molecule has 1 aliphatic rings. The van der Waals surface area contributed by atoms with Crippen LogP contribution in [0.1, 0.15) is 39.1 Å². The van der Waals surface area contributed by atoms with Crippen molar-refractivity contribution in [3.63, 3.8) is 0 Å². The van der Waals surface area contributed by atoms with Gasteiger partial charge in [0.05, 0.1) is 0 Å². The molecule has 0 radical (unpaired) electrons. The lowest BCUT2D eigenvalue weighted by molar-refractivity contribution is -0.132.